The van der Waals surface area contributed by atoms with Gasteiger partial charge in [0.25, 0.3) is 12.5 Å². The third-order valence-corrected chi connectivity index (χ3v) is 4.64. The van der Waals surface area contributed by atoms with Crippen molar-refractivity contribution >= 4 is 0 Å². The summed E-state index contributed by atoms with van der Waals surface area (Å²) in [5, 5.41) is 17.7. The van der Waals surface area contributed by atoms with E-state index in [9.17, 15) is 0 Å². The van der Waals surface area contributed by atoms with Gasteiger partial charge in [0.05, 0.1) is 0 Å². The molecule has 0 atom stereocenters. The van der Waals surface area contributed by atoms with Crippen molar-refractivity contribution in [3.05, 3.63) is 57.6 Å². The van der Waals surface area contributed by atoms with E-state index in [1.165, 1.54) is 11.1 Å². The Morgan fingerprint density at radius 2 is 1.12 bits per heavy atom. The maximum Gasteiger partial charge on any atom is 0.292 e. The molecule has 0 aliphatic carbocycles. The molecule has 0 aromatic heterocycles. The molecule has 0 radical (unpaired) electrons. The maximum atomic E-state index is 8.83. The van der Waals surface area contributed by atoms with Crippen molar-refractivity contribution in [1.29, 1.82) is 10.5 Å². The minimum absolute atomic E-state index is 0.238. The fourth-order valence-electron chi connectivity index (χ4n) is 3.60. The van der Waals surface area contributed by atoms with Crippen LogP contribution in [0.3, 0.4) is 0 Å². The standard InChI is InChI=1S/C22H24N2O2/c1-6-7-20(18-8-14(2)21(25-12-23)15(3)9-18)19-10-16(4)22(26-13-24)17(5)11-19/h8-11,20H,6-7H2,1-5H3. The predicted octanol–water partition coefficient (Wildman–Crippen LogP) is 5.57. The monoisotopic (exact) mass is 348 g/mol. The second kappa shape index (κ2) is 8.41. The largest absolute Gasteiger partial charge is 0.387 e. The molecule has 4 heteroatoms. The van der Waals surface area contributed by atoms with Gasteiger partial charge in [-0.2, -0.15) is 0 Å². The van der Waals surface area contributed by atoms with Gasteiger partial charge < -0.3 is 9.47 Å². The van der Waals surface area contributed by atoms with Gasteiger partial charge in [0.15, 0.2) is 0 Å². The summed E-state index contributed by atoms with van der Waals surface area (Å²) in [6, 6.07) is 8.41. The van der Waals surface area contributed by atoms with E-state index in [2.05, 4.69) is 31.2 Å². The van der Waals surface area contributed by atoms with Gasteiger partial charge in [-0.1, -0.05) is 37.6 Å². The molecule has 2 aromatic carbocycles. The highest BCUT2D eigenvalue weighted by Crippen LogP contribution is 2.37. The fraction of sp³-hybridized carbons (Fsp3) is 0.364. The van der Waals surface area contributed by atoms with Gasteiger partial charge in [-0.15, -0.1) is 10.5 Å². The van der Waals surface area contributed by atoms with E-state index in [1.807, 2.05) is 27.7 Å². The van der Waals surface area contributed by atoms with Crippen molar-refractivity contribution in [3.8, 4) is 24.0 Å². The topological polar surface area (TPSA) is 66.0 Å². The molecule has 0 aliphatic rings. The average molecular weight is 348 g/mol. The molecule has 0 unspecified atom stereocenters. The Balaban J connectivity index is 2.54. The van der Waals surface area contributed by atoms with E-state index in [-0.39, 0.29) is 5.92 Å². The Bertz CT molecular complexity index is 770. The summed E-state index contributed by atoms with van der Waals surface area (Å²) >= 11 is 0. The summed E-state index contributed by atoms with van der Waals surface area (Å²) in [5.41, 5.74) is 6.25. The first-order chi connectivity index (χ1) is 12.4. The van der Waals surface area contributed by atoms with Crippen LogP contribution in [0.2, 0.25) is 0 Å². The van der Waals surface area contributed by atoms with Gasteiger partial charge in [0.2, 0.25) is 0 Å². The number of aryl methyl sites for hydroxylation is 4. The molecule has 0 heterocycles. The third-order valence-electron chi connectivity index (χ3n) is 4.64. The first-order valence-electron chi connectivity index (χ1n) is 8.77. The smallest absolute Gasteiger partial charge is 0.292 e. The maximum absolute atomic E-state index is 8.83. The number of nitrogens with zero attached hydrogens (tertiary/aromatic N) is 2. The number of benzene rings is 2. The zero-order valence-corrected chi connectivity index (χ0v) is 16.0. The lowest BCUT2D eigenvalue weighted by molar-refractivity contribution is 0.497. The van der Waals surface area contributed by atoms with Crippen molar-refractivity contribution in [2.75, 3.05) is 0 Å². The van der Waals surface area contributed by atoms with Crippen molar-refractivity contribution in [2.45, 2.75) is 53.4 Å². The summed E-state index contributed by atoms with van der Waals surface area (Å²) in [6.07, 6.45) is 5.59. The molecular formula is C22H24N2O2. The molecule has 2 aromatic rings. The molecule has 4 nitrogen and oxygen atoms in total. The summed E-state index contributed by atoms with van der Waals surface area (Å²) < 4.78 is 10.2. The van der Waals surface area contributed by atoms with Gasteiger partial charge in [-0.25, -0.2) is 0 Å². The Morgan fingerprint density at radius 1 is 0.769 bits per heavy atom. The lowest BCUT2D eigenvalue weighted by atomic mass is 9.84. The molecule has 2 rings (SSSR count). The number of hydrogen-bond donors (Lipinski definition) is 0. The van der Waals surface area contributed by atoms with Crippen molar-refractivity contribution in [1.82, 2.24) is 0 Å². The summed E-state index contributed by atoms with van der Waals surface area (Å²) in [4.78, 5) is 0. The van der Waals surface area contributed by atoms with Gasteiger partial charge >= 0.3 is 0 Å². The minimum atomic E-state index is 0.238. The Hall–Kier alpha value is -2.98. The molecule has 0 amide bonds. The van der Waals surface area contributed by atoms with Crippen LogP contribution in [-0.2, 0) is 0 Å². The Morgan fingerprint density at radius 3 is 1.38 bits per heavy atom. The predicted molar refractivity (Wildman–Crippen MR) is 101 cm³/mol. The molecule has 0 aliphatic heterocycles. The second-order valence-corrected chi connectivity index (χ2v) is 6.70. The molecule has 134 valence electrons. The third kappa shape index (κ3) is 3.98. The van der Waals surface area contributed by atoms with Gasteiger partial charge in [0, 0.05) is 5.92 Å². The summed E-state index contributed by atoms with van der Waals surface area (Å²) in [7, 11) is 0. The van der Waals surface area contributed by atoms with E-state index >= 15 is 0 Å². The van der Waals surface area contributed by atoms with Crippen LogP contribution < -0.4 is 9.47 Å². The van der Waals surface area contributed by atoms with Crippen LogP contribution in [0.15, 0.2) is 24.3 Å². The highest BCUT2D eigenvalue weighted by Gasteiger charge is 2.19. The van der Waals surface area contributed by atoms with E-state index < -0.39 is 0 Å². The lowest BCUT2D eigenvalue weighted by Gasteiger charge is -2.21. The van der Waals surface area contributed by atoms with Crippen LogP contribution >= 0.6 is 0 Å². The molecular weight excluding hydrogens is 324 g/mol. The zero-order chi connectivity index (χ0) is 19.3. The molecule has 0 spiro atoms. The number of hydrogen-bond acceptors (Lipinski definition) is 4. The van der Waals surface area contributed by atoms with Crippen LogP contribution in [0, 0.1) is 50.7 Å². The van der Waals surface area contributed by atoms with Crippen LogP contribution in [0.5, 0.6) is 11.5 Å². The van der Waals surface area contributed by atoms with Crippen molar-refractivity contribution in [3.63, 3.8) is 0 Å². The van der Waals surface area contributed by atoms with Gasteiger partial charge in [-0.3, -0.25) is 0 Å². The molecule has 0 bridgehead atoms. The van der Waals surface area contributed by atoms with Crippen molar-refractivity contribution in [2.24, 2.45) is 0 Å². The summed E-state index contributed by atoms with van der Waals surface area (Å²) in [6.45, 7) is 10.0. The van der Waals surface area contributed by atoms with Crippen LogP contribution in [-0.4, -0.2) is 0 Å². The average Bonchev–Trinajstić information content (AvgIpc) is 2.59. The normalized spacial score (nSPS) is 10.3. The molecule has 0 N–H and O–H groups in total. The molecule has 26 heavy (non-hydrogen) atoms. The Kier molecular flexibility index (Phi) is 6.26. The number of ether oxygens (including phenoxy) is 2. The molecule has 0 saturated heterocycles. The van der Waals surface area contributed by atoms with Crippen LogP contribution in [0.25, 0.3) is 0 Å². The minimum Gasteiger partial charge on any atom is -0.387 e. The van der Waals surface area contributed by atoms with Gasteiger partial charge in [-0.05, 0) is 67.5 Å². The SMILES string of the molecule is CCCC(c1cc(C)c(OC#N)c(C)c1)c1cc(C)c(OC#N)c(C)c1. The Labute approximate surface area is 155 Å². The highest BCUT2D eigenvalue weighted by atomic mass is 16.5. The second-order valence-electron chi connectivity index (χ2n) is 6.70. The lowest BCUT2D eigenvalue weighted by Crippen LogP contribution is -2.05. The van der Waals surface area contributed by atoms with Crippen molar-refractivity contribution < 1.29 is 9.47 Å². The molecule has 0 saturated carbocycles. The number of nitriles is 2. The fourth-order valence-corrected chi connectivity index (χ4v) is 3.60. The van der Waals surface area contributed by atoms with E-state index in [4.69, 9.17) is 20.0 Å². The highest BCUT2D eigenvalue weighted by molar-refractivity contribution is 5.50. The van der Waals surface area contributed by atoms with Gasteiger partial charge in [0.1, 0.15) is 11.5 Å². The van der Waals surface area contributed by atoms with E-state index in [0.717, 1.165) is 35.1 Å². The first-order valence-corrected chi connectivity index (χ1v) is 8.77. The van der Waals surface area contributed by atoms with E-state index in [1.54, 1.807) is 12.5 Å². The molecule has 0 fully saturated rings. The zero-order valence-electron chi connectivity index (χ0n) is 16.0. The van der Waals surface area contributed by atoms with Crippen LogP contribution in [0.1, 0.15) is 59.1 Å². The summed E-state index contributed by atoms with van der Waals surface area (Å²) in [5.74, 6) is 1.51. The number of rotatable bonds is 6. The van der Waals surface area contributed by atoms with Crippen LogP contribution in [0.4, 0.5) is 0 Å². The quantitative estimate of drug-likeness (QED) is 0.640. The first kappa shape index (κ1) is 19.3. The van der Waals surface area contributed by atoms with E-state index in [0.29, 0.717) is 11.5 Å².